The predicted molar refractivity (Wildman–Crippen MR) is 40.1 cm³/mol. The maximum absolute atomic E-state index is 10.9. The third-order valence-electron chi connectivity index (χ3n) is 1.12. The SMILES string of the molecule is C=CCC(=O)N(C)CC(=O)O. The first-order valence-electron chi connectivity index (χ1n) is 3.14. The van der Waals surface area contributed by atoms with Gasteiger partial charge in [0.15, 0.2) is 0 Å². The van der Waals surface area contributed by atoms with Gasteiger partial charge in [0.2, 0.25) is 5.91 Å². The number of likely N-dealkylation sites (N-methyl/N-ethyl adjacent to an activating group) is 1. The molecule has 0 rings (SSSR count). The smallest absolute Gasteiger partial charge is 0.323 e. The maximum atomic E-state index is 10.9. The minimum absolute atomic E-state index is 0.184. The second-order valence-corrected chi connectivity index (χ2v) is 2.14. The number of carboxylic acids is 1. The van der Waals surface area contributed by atoms with Gasteiger partial charge >= 0.3 is 5.97 Å². The number of carbonyl (C=O) groups excluding carboxylic acids is 1. The maximum Gasteiger partial charge on any atom is 0.323 e. The highest BCUT2D eigenvalue weighted by molar-refractivity contribution is 5.81. The number of rotatable bonds is 4. The van der Waals surface area contributed by atoms with Gasteiger partial charge in [0.25, 0.3) is 0 Å². The summed E-state index contributed by atoms with van der Waals surface area (Å²) >= 11 is 0. The normalized spacial score (nSPS) is 8.82. The van der Waals surface area contributed by atoms with Crippen molar-refractivity contribution < 1.29 is 14.7 Å². The van der Waals surface area contributed by atoms with E-state index in [0.717, 1.165) is 4.90 Å². The summed E-state index contributed by atoms with van der Waals surface area (Å²) in [6.07, 6.45) is 1.63. The van der Waals surface area contributed by atoms with Gasteiger partial charge in [-0.05, 0) is 0 Å². The van der Waals surface area contributed by atoms with E-state index >= 15 is 0 Å². The highest BCUT2D eigenvalue weighted by atomic mass is 16.4. The van der Waals surface area contributed by atoms with Crippen LogP contribution in [0.15, 0.2) is 12.7 Å². The van der Waals surface area contributed by atoms with E-state index in [0.29, 0.717) is 0 Å². The van der Waals surface area contributed by atoms with Crippen LogP contribution in [0.2, 0.25) is 0 Å². The van der Waals surface area contributed by atoms with Gasteiger partial charge in [0.05, 0.1) is 0 Å². The lowest BCUT2D eigenvalue weighted by Crippen LogP contribution is -2.31. The summed E-state index contributed by atoms with van der Waals surface area (Å²) in [5, 5.41) is 8.28. The summed E-state index contributed by atoms with van der Waals surface area (Å²) in [5.74, 6) is -1.24. The summed E-state index contributed by atoms with van der Waals surface area (Å²) in [5.41, 5.74) is 0. The van der Waals surface area contributed by atoms with E-state index in [9.17, 15) is 9.59 Å². The topological polar surface area (TPSA) is 57.6 Å². The minimum atomic E-state index is -1.01. The number of carbonyl (C=O) groups is 2. The number of hydrogen-bond donors (Lipinski definition) is 1. The summed E-state index contributed by atoms with van der Waals surface area (Å²) in [7, 11) is 1.44. The molecule has 0 saturated heterocycles. The van der Waals surface area contributed by atoms with E-state index in [2.05, 4.69) is 6.58 Å². The molecule has 0 radical (unpaired) electrons. The Morgan fingerprint density at radius 2 is 2.18 bits per heavy atom. The van der Waals surface area contributed by atoms with Crippen LogP contribution in [0.25, 0.3) is 0 Å². The molecule has 0 saturated carbocycles. The summed E-state index contributed by atoms with van der Waals surface area (Å²) in [6.45, 7) is 3.11. The molecule has 1 amide bonds. The Morgan fingerprint density at radius 1 is 1.64 bits per heavy atom. The van der Waals surface area contributed by atoms with Gasteiger partial charge in [-0.2, -0.15) is 0 Å². The zero-order chi connectivity index (χ0) is 8.85. The van der Waals surface area contributed by atoms with Crippen LogP contribution in [0.3, 0.4) is 0 Å². The van der Waals surface area contributed by atoms with Gasteiger partial charge in [0.1, 0.15) is 6.54 Å². The lowest BCUT2D eigenvalue weighted by Gasteiger charge is -2.12. The lowest BCUT2D eigenvalue weighted by molar-refractivity contribution is -0.143. The van der Waals surface area contributed by atoms with Gasteiger partial charge in [-0.1, -0.05) is 6.08 Å². The van der Waals surface area contributed by atoms with Crippen molar-refractivity contribution in [2.45, 2.75) is 6.42 Å². The Labute approximate surface area is 65.1 Å². The average molecular weight is 157 g/mol. The number of carboxylic acid groups (broad SMARTS) is 1. The molecule has 62 valence electrons. The largest absolute Gasteiger partial charge is 0.480 e. The van der Waals surface area contributed by atoms with E-state index in [1.165, 1.54) is 13.1 Å². The van der Waals surface area contributed by atoms with Gasteiger partial charge in [0, 0.05) is 13.5 Å². The predicted octanol–water partition coefficient (Wildman–Crippen LogP) is 0.106. The standard InChI is InChI=1S/C7H11NO3/c1-3-4-6(9)8(2)5-7(10)11/h3H,1,4-5H2,2H3,(H,10,11). The zero-order valence-corrected chi connectivity index (χ0v) is 6.41. The molecule has 0 aromatic heterocycles. The van der Waals surface area contributed by atoms with Crippen LogP contribution >= 0.6 is 0 Å². The fourth-order valence-corrected chi connectivity index (χ4v) is 0.570. The third-order valence-corrected chi connectivity index (χ3v) is 1.12. The molecule has 0 aliphatic rings. The molecule has 0 aromatic carbocycles. The van der Waals surface area contributed by atoms with Gasteiger partial charge in [-0.15, -0.1) is 6.58 Å². The quantitative estimate of drug-likeness (QED) is 0.589. The molecule has 4 nitrogen and oxygen atoms in total. The Bertz CT molecular complexity index is 177. The minimum Gasteiger partial charge on any atom is -0.480 e. The van der Waals surface area contributed by atoms with Crippen molar-refractivity contribution in [3.05, 3.63) is 12.7 Å². The molecular formula is C7H11NO3. The summed E-state index contributed by atoms with van der Waals surface area (Å²) < 4.78 is 0. The van der Waals surface area contributed by atoms with Gasteiger partial charge in [-0.25, -0.2) is 0 Å². The van der Waals surface area contributed by atoms with Crippen molar-refractivity contribution in [3.63, 3.8) is 0 Å². The first-order valence-corrected chi connectivity index (χ1v) is 3.14. The van der Waals surface area contributed by atoms with Crippen molar-refractivity contribution in [1.29, 1.82) is 0 Å². The fraction of sp³-hybridized carbons (Fsp3) is 0.429. The van der Waals surface area contributed by atoms with Crippen LogP contribution in [0.4, 0.5) is 0 Å². The highest BCUT2D eigenvalue weighted by Crippen LogP contribution is 1.90. The van der Waals surface area contributed by atoms with E-state index in [1.807, 2.05) is 0 Å². The van der Waals surface area contributed by atoms with Crippen LogP contribution in [0.1, 0.15) is 6.42 Å². The molecule has 4 heteroatoms. The molecule has 0 unspecified atom stereocenters. The molecule has 1 N–H and O–H groups in total. The molecule has 0 fully saturated rings. The monoisotopic (exact) mass is 157 g/mol. The second-order valence-electron chi connectivity index (χ2n) is 2.14. The van der Waals surface area contributed by atoms with Crippen LogP contribution < -0.4 is 0 Å². The number of nitrogens with zero attached hydrogens (tertiary/aromatic N) is 1. The Morgan fingerprint density at radius 3 is 2.55 bits per heavy atom. The van der Waals surface area contributed by atoms with Crippen LogP contribution in [0.5, 0.6) is 0 Å². The Hall–Kier alpha value is -1.32. The highest BCUT2D eigenvalue weighted by Gasteiger charge is 2.09. The van der Waals surface area contributed by atoms with E-state index < -0.39 is 5.97 Å². The number of aliphatic carboxylic acids is 1. The van der Waals surface area contributed by atoms with Gasteiger partial charge in [-0.3, -0.25) is 9.59 Å². The molecule has 0 aromatic rings. The molecule has 0 aliphatic carbocycles. The molecule has 0 heterocycles. The molecule has 0 spiro atoms. The molecule has 0 aliphatic heterocycles. The molecule has 0 bridgehead atoms. The van der Waals surface area contributed by atoms with E-state index in [-0.39, 0.29) is 18.9 Å². The Balaban J connectivity index is 3.81. The lowest BCUT2D eigenvalue weighted by atomic mass is 10.3. The second kappa shape index (κ2) is 4.49. The summed E-state index contributed by atoms with van der Waals surface area (Å²) in [6, 6.07) is 0. The third kappa shape index (κ3) is 4.13. The Kier molecular flexibility index (Phi) is 3.95. The van der Waals surface area contributed by atoms with Crippen molar-refractivity contribution in [2.24, 2.45) is 0 Å². The van der Waals surface area contributed by atoms with Crippen LogP contribution in [-0.2, 0) is 9.59 Å². The number of amides is 1. The van der Waals surface area contributed by atoms with Crippen LogP contribution in [0, 0.1) is 0 Å². The molecule has 11 heavy (non-hydrogen) atoms. The van der Waals surface area contributed by atoms with E-state index in [4.69, 9.17) is 5.11 Å². The first kappa shape index (κ1) is 9.68. The fourth-order valence-electron chi connectivity index (χ4n) is 0.570. The van der Waals surface area contributed by atoms with Crippen molar-refractivity contribution >= 4 is 11.9 Å². The van der Waals surface area contributed by atoms with Crippen molar-refractivity contribution in [3.8, 4) is 0 Å². The van der Waals surface area contributed by atoms with Crippen molar-refractivity contribution in [2.75, 3.05) is 13.6 Å². The molecular weight excluding hydrogens is 146 g/mol. The molecule has 0 atom stereocenters. The van der Waals surface area contributed by atoms with E-state index in [1.54, 1.807) is 0 Å². The summed E-state index contributed by atoms with van der Waals surface area (Å²) in [4.78, 5) is 22.1. The van der Waals surface area contributed by atoms with Crippen LogP contribution in [-0.4, -0.2) is 35.5 Å². The van der Waals surface area contributed by atoms with Gasteiger partial charge < -0.3 is 10.0 Å². The average Bonchev–Trinajstić information content (AvgIpc) is 1.86. The first-order chi connectivity index (χ1) is 5.07. The van der Waals surface area contributed by atoms with Crippen molar-refractivity contribution in [1.82, 2.24) is 4.90 Å². The zero-order valence-electron chi connectivity index (χ0n) is 6.41. The number of hydrogen-bond acceptors (Lipinski definition) is 2.